The van der Waals surface area contributed by atoms with Crippen LogP contribution in [0.1, 0.15) is 103 Å². The van der Waals surface area contributed by atoms with Crippen LogP contribution in [0.4, 0.5) is 0 Å². The van der Waals surface area contributed by atoms with Crippen LogP contribution in [0.25, 0.3) is 0 Å². The van der Waals surface area contributed by atoms with Crippen molar-refractivity contribution in [3.8, 4) is 0 Å². The van der Waals surface area contributed by atoms with E-state index >= 15 is 0 Å². The average Bonchev–Trinajstić information content (AvgIpc) is 2.74. The van der Waals surface area contributed by atoms with Gasteiger partial charge < -0.3 is 30.5 Å². The Morgan fingerprint density at radius 1 is 0.806 bits per heavy atom. The second kappa shape index (κ2) is 21.1. The van der Waals surface area contributed by atoms with Gasteiger partial charge in [-0.25, -0.2) is 0 Å². The predicted molar refractivity (Wildman–Crippen MR) is 122 cm³/mol. The fourth-order valence-electron chi connectivity index (χ4n) is 3.48. The molecule has 7 N–H and O–H groups in total. The number of aliphatic hydroxyl groups is 4. The largest absolute Gasteiger partial charge is 0.390 e. The summed E-state index contributed by atoms with van der Waals surface area (Å²) in [5, 5.41) is 40.8. The Morgan fingerprint density at radius 3 is 1.71 bits per heavy atom. The van der Waals surface area contributed by atoms with Crippen molar-refractivity contribution in [1.82, 2.24) is 5.32 Å². The van der Waals surface area contributed by atoms with Crippen LogP contribution in [-0.4, -0.2) is 64.2 Å². The third-order valence-electron chi connectivity index (χ3n) is 5.52. The van der Waals surface area contributed by atoms with Crippen molar-refractivity contribution < 1.29 is 30.0 Å². The first kappa shape index (κ1) is 30.2. The van der Waals surface area contributed by atoms with Gasteiger partial charge in [-0.1, -0.05) is 90.4 Å². The molecule has 0 aliphatic carbocycles. The highest BCUT2D eigenvalue weighted by Gasteiger charge is 2.29. The van der Waals surface area contributed by atoms with Gasteiger partial charge in [0.25, 0.3) is 5.91 Å². The minimum atomic E-state index is -1.72. The molecule has 0 aliphatic rings. The molecule has 0 aromatic rings. The third kappa shape index (κ3) is 18.5. The third-order valence-corrected chi connectivity index (χ3v) is 5.52. The summed E-state index contributed by atoms with van der Waals surface area (Å²) in [7, 11) is 0. The van der Waals surface area contributed by atoms with Gasteiger partial charge in [0.2, 0.25) is 6.41 Å². The molecule has 31 heavy (non-hydrogen) atoms. The molecule has 1 amide bonds. The molecule has 0 aromatic heterocycles. The molecule has 0 spiro atoms. The van der Waals surface area contributed by atoms with Crippen LogP contribution in [0.5, 0.6) is 0 Å². The Bertz CT molecular complexity index is 412. The first-order valence-electron chi connectivity index (χ1n) is 12.3. The molecule has 0 fully saturated rings. The highest BCUT2D eigenvalue weighted by molar-refractivity contribution is 5.81. The van der Waals surface area contributed by atoms with E-state index in [0.717, 1.165) is 19.3 Å². The summed E-state index contributed by atoms with van der Waals surface area (Å²) in [6.45, 7) is 2.57. The SMILES string of the molecule is CCCCCCCCCCCCCCCCNC(=O)C(O)C(O)C(O)CCOC(N)O. The van der Waals surface area contributed by atoms with Gasteiger partial charge in [0.05, 0.1) is 12.7 Å². The van der Waals surface area contributed by atoms with Crippen molar-refractivity contribution in [1.29, 1.82) is 0 Å². The standard InChI is InChI=1S/C23H48N2O6/c1-2-3-4-5-6-7-8-9-10-11-12-13-14-15-17-25-22(29)21(28)20(27)19(26)16-18-31-23(24)30/h19-21,23,26-28,30H,2-18,24H2,1H3,(H,25,29). The first-order chi connectivity index (χ1) is 14.9. The van der Waals surface area contributed by atoms with Gasteiger partial charge in [-0.2, -0.15) is 0 Å². The lowest BCUT2D eigenvalue weighted by atomic mass is 10.0. The Kier molecular flexibility index (Phi) is 20.6. The van der Waals surface area contributed by atoms with Gasteiger partial charge in [-0.05, 0) is 12.8 Å². The van der Waals surface area contributed by atoms with E-state index in [0.29, 0.717) is 6.54 Å². The molecular weight excluding hydrogens is 400 g/mol. The predicted octanol–water partition coefficient (Wildman–Crippen LogP) is 2.31. The van der Waals surface area contributed by atoms with E-state index in [1.54, 1.807) is 0 Å². The Labute approximate surface area is 188 Å². The molecule has 0 aromatic carbocycles. The number of hydrogen-bond donors (Lipinski definition) is 6. The van der Waals surface area contributed by atoms with E-state index < -0.39 is 30.6 Å². The van der Waals surface area contributed by atoms with Crippen molar-refractivity contribution in [2.24, 2.45) is 5.73 Å². The van der Waals surface area contributed by atoms with Gasteiger partial charge in [0.1, 0.15) is 6.10 Å². The lowest BCUT2D eigenvalue weighted by Crippen LogP contribution is -2.47. The second-order valence-corrected chi connectivity index (χ2v) is 8.44. The van der Waals surface area contributed by atoms with Gasteiger partial charge in [0, 0.05) is 6.54 Å². The number of amides is 1. The Morgan fingerprint density at radius 2 is 1.26 bits per heavy atom. The number of rotatable bonds is 22. The van der Waals surface area contributed by atoms with Crippen LogP contribution in [-0.2, 0) is 9.53 Å². The molecule has 0 saturated carbocycles. The normalized spacial score (nSPS) is 15.4. The van der Waals surface area contributed by atoms with Crippen molar-refractivity contribution >= 4 is 5.91 Å². The van der Waals surface area contributed by atoms with Crippen LogP contribution in [0, 0.1) is 0 Å². The summed E-state index contributed by atoms with van der Waals surface area (Å²) in [6, 6.07) is 0. The maximum Gasteiger partial charge on any atom is 0.251 e. The zero-order valence-corrected chi connectivity index (χ0v) is 19.5. The number of nitrogens with two attached hydrogens (primary N) is 1. The minimum absolute atomic E-state index is 0.0707. The van der Waals surface area contributed by atoms with Gasteiger partial charge in [0.15, 0.2) is 6.10 Å². The molecule has 0 aliphatic heterocycles. The number of carbonyl (C=O) groups is 1. The summed E-state index contributed by atoms with van der Waals surface area (Å²) in [5.41, 5.74) is 4.99. The topological polar surface area (TPSA) is 145 Å². The maximum atomic E-state index is 11.9. The molecular formula is C23H48N2O6. The van der Waals surface area contributed by atoms with E-state index in [1.165, 1.54) is 70.6 Å². The number of nitrogens with one attached hydrogen (secondary N) is 1. The van der Waals surface area contributed by atoms with Gasteiger partial charge >= 0.3 is 0 Å². The molecule has 0 bridgehead atoms. The van der Waals surface area contributed by atoms with Crippen molar-refractivity contribution in [3.63, 3.8) is 0 Å². The van der Waals surface area contributed by atoms with Crippen LogP contribution in [0.15, 0.2) is 0 Å². The quantitative estimate of drug-likeness (QED) is 0.110. The van der Waals surface area contributed by atoms with E-state index in [9.17, 15) is 20.1 Å². The summed E-state index contributed by atoms with van der Waals surface area (Å²) >= 11 is 0. The van der Waals surface area contributed by atoms with E-state index in [1.807, 2.05) is 0 Å². The lowest BCUT2D eigenvalue weighted by molar-refractivity contribution is -0.144. The summed E-state index contributed by atoms with van der Waals surface area (Å²) in [5.74, 6) is -0.707. The van der Waals surface area contributed by atoms with E-state index in [2.05, 4.69) is 17.0 Å². The molecule has 0 rings (SSSR count). The molecule has 4 atom stereocenters. The zero-order chi connectivity index (χ0) is 23.3. The monoisotopic (exact) mass is 448 g/mol. The molecule has 4 unspecified atom stereocenters. The minimum Gasteiger partial charge on any atom is -0.390 e. The number of unbranched alkanes of at least 4 members (excludes halogenated alkanes) is 13. The zero-order valence-electron chi connectivity index (χ0n) is 19.5. The second-order valence-electron chi connectivity index (χ2n) is 8.44. The molecule has 0 heterocycles. The van der Waals surface area contributed by atoms with E-state index in [4.69, 9.17) is 10.8 Å². The average molecular weight is 449 g/mol. The molecule has 8 heteroatoms. The fraction of sp³-hybridized carbons (Fsp3) is 0.957. The molecule has 186 valence electrons. The number of aliphatic hydroxyl groups excluding tert-OH is 4. The summed E-state index contributed by atoms with van der Waals surface area (Å²) in [6.07, 6.45) is 11.3. The Hall–Kier alpha value is -0.770. The highest BCUT2D eigenvalue weighted by Crippen LogP contribution is 2.13. The smallest absolute Gasteiger partial charge is 0.251 e. The molecule has 8 nitrogen and oxygen atoms in total. The highest BCUT2D eigenvalue weighted by atomic mass is 16.6. The lowest BCUT2D eigenvalue weighted by Gasteiger charge is -2.22. The van der Waals surface area contributed by atoms with E-state index in [-0.39, 0.29) is 13.0 Å². The van der Waals surface area contributed by atoms with Gasteiger partial charge in [-0.3, -0.25) is 10.5 Å². The van der Waals surface area contributed by atoms with Gasteiger partial charge in [-0.15, -0.1) is 0 Å². The molecule has 0 radical (unpaired) electrons. The van der Waals surface area contributed by atoms with Crippen molar-refractivity contribution in [3.05, 3.63) is 0 Å². The summed E-state index contributed by atoms with van der Waals surface area (Å²) in [4.78, 5) is 11.9. The van der Waals surface area contributed by atoms with Crippen LogP contribution < -0.4 is 11.1 Å². The maximum absolute atomic E-state index is 11.9. The number of carbonyl (C=O) groups excluding carboxylic acids is 1. The Balaban J connectivity index is 3.54. The van der Waals surface area contributed by atoms with Crippen molar-refractivity contribution in [2.45, 2.75) is 128 Å². The first-order valence-corrected chi connectivity index (χ1v) is 12.3. The fourth-order valence-corrected chi connectivity index (χ4v) is 3.48. The summed E-state index contributed by atoms with van der Waals surface area (Å²) < 4.78 is 4.64. The van der Waals surface area contributed by atoms with Crippen molar-refractivity contribution in [2.75, 3.05) is 13.2 Å². The van der Waals surface area contributed by atoms with Crippen LogP contribution in [0.2, 0.25) is 0 Å². The number of ether oxygens (including phenoxy) is 1. The van der Waals surface area contributed by atoms with Crippen LogP contribution in [0.3, 0.4) is 0 Å². The van der Waals surface area contributed by atoms with Crippen LogP contribution >= 0.6 is 0 Å². The molecule has 0 saturated heterocycles. The number of hydrogen-bond acceptors (Lipinski definition) is 7.